The smallest absolute Gasteiger partial charge is 0.329 e. The lowest BCUT2D eigenvalue weighted by Gasteiger charge is -2.31. The van der Waals surface area contributed by atoms with Crippen LogP contribution in [0.1, 0.15) is 24.2 Å². The van der Waals surface area contributed by atoms with Crippen molar-refractivity contribution in [2.24, 2.45) is 0 Å². The number of anilines is 2. The van der Waals surface area contributed by atoms with Gasteiger partial charge in [-0.3, -0.25) is 4.79 Å². The van der Waals surface area contributed by atoms with E-state index in [0.29, 0.717) is 16.9 Å². The van der Waals surface area contributed by atoms with Gasteiger partial charge in [0.25, 0.3) is 5.91 Å². The normalized spacial score (nSPS) is 10.8. The number of hydrogen-bond donors (Lipinski definition) is 3. The number of para-hydroxylation sites is 1. The summed E-state index contributed by atoms with van der Waals surface area (Å²) in [5, 5.41) is 14.9. The van der Waals surface area contributed by atoms with E-state index >= 15 is 0 Å². The van der Waals surface area contributed by atoms with Crippen LogP contribution < -0.4 is 10.6 Å². The number of amides is 3. The molecular formula is C25H25N3O4. The Balaban J connectivity index is 1.65. The molecule has 3 aromatic rings. The molecule has 3 amide bonds. The summed E-state index contributed by atoms with van der Waals surface area (Å²) in [7, 11) is 1.48. The molecule has 0 fully saturated rings. The molecule has 3 N–H and O–H groups in total. The summed E-state index contributed by atoms with van der Waals surface area (Å²) >= 11 is 0. The highest BCUT2D eigenvalue weighted by Gasteiger charge is 2.35. The van der Waals surface area contributed by atoms with Gasteiger partial charge in [0, 0.05) is 24.0 Å². The van der Waals surface area contributed by atoms with E-state index in [0.717, 1.165) is 11.1 Å². The van der Waals surface area contributed by atoms with E-state index in [9.17, 15) is 19.5 Å². The first kappa shape index (κ1) is 22.6. The van der Waals surface area contributed by atoms with E-state index < -0.39 is 11.5 Å². The molecule has 0 aliphatic carbocycles. The van der Waals surface area contributed by atoms with Gasteiger partial charge >= 0.3 is 12.0 Å². The second-order valence-corrected chi connectivity index (χ2v) is 7.83. The molecule has 0 aliphatic heterocycles. The number of hydrogen-bond acceptors (Lipinski definition) is 3. The van der Waals surface area contributed by atoms with Crippen LogP contribution in [0.3, 0.4) is 0 Å². The maximum absolute atomic E-state index is 12.6. The van der Waals surface area contributed by atoms with Crippen molar-refractivity contribution in [1.29, 1.82) is 0 Å². The van der Waals surface area contributed by atoms with E-state index in [4.69, 9.17) is 0 Å². The van der Waals surface area contributed by atoms with Crippen LogP contribution in [0.2, 0.25) is 0 Å². The van der Waals surface area contributed by atoms with Crippen molar-refractivity contribution in [1.82, 2.24) is 4.90 Å². The van der Waals surface area contributed by atoms with Gasteiger partial charge in [-0.1, -0.05) is 42.5 Å². The van der Waals surface area contributed by atoms with Crippen molar-refractivity contribution in [3.63, 3.8) is 0 Å². The van der Waals surface area contributed by atoms with Gasteiger partial charge in [-0.05, 0) is 61.4 Å². The van der Waals surface area contributed by atoms with Gasteiger partial charge in [-0.15, -0.1) is 0 Å². The molecule has 0 aromatic heterocycles. The molecule has 0 aliphatic rings. The van der Waals surface area contributed by atoms with Gasteiger partial charge in [0.15, 0.2) is 0 Å². The fourth-order valence-corrected chi connectivity index (χ4v) is 2.96. The first-order chi connectivity index (χ1) is 15.2. The van der Waals surface area contributed by atoms with E-state index in [1.807, 2.05) is 30.3 Å². The number of likely N-dealkylation sites (N-methyl/N-ethyl adjacent to an activating group) is 1. The van der Waals surface area contributed by atoms with Crippen LogP contribution in [0.5, 0.6) is 0 Å². The quantitative estimate of drug-likeness (QED) is 0.515. The zero-order valence-corrected chi connectivity index (χ0v) is 18.1. The summed E-state index contributed by atoms with van der Waals surface area (Å²) in [5.74, 6) is -1.44. The number of carboxylic acid groups (broad SMARTS) is 1. The van der Waals surface area contributed by atoms with Gasteiger partial charge < -0.3 is 20.6 Å². The van der Waals surface area contributed by atoms with Crippen molar-refractivity contribution in [2.75, 3.05) is 17.7 Å². The molecule has 32 heavy (non-hydrogen) atoms. The van der Waals surface area contributed by atoms with E-state index in [-0.39, 0.29) is 11.9 Å². The van der Waals surface area contributed by atoms with Crippen LogP contribution in [0.15, 0.2) is 78.9 Å². The summed E-state index contributed by atoms with van der Waals surface area (Å²) in [6, 6.07) is 23.1. The lowest BCUT2D eigenvalue weighted by atomic mass is 10.0. The summed E-state index contributed by atoms with van der Waals surface area (Å²) in [6.07, 6.45) is 0. The Bertz CT molecular complexity index is 1110. The minimum atomic E-state index is -1.31. The van der Waals surface area contributed by atoms with Crippen LogP contribution in [0.4, 0.5) is 16.2 Å². The Kier molecular flexibility index (Phi) is 6.59. The number of nitrogens with one attached hydrogen (secondary N) is 2. The maximum atomic E-state index is 12.6. The number of aliphatic carboxylic acids is 1. The minimum Gasteiger partial charge on any atom is -0.480 e. The topological polar surface area (TPSA) is 98.7 Å². The highest BCUT2D eigenvalue weighted by atomic mass is 16.4. The molecule has 3 aromatic carbocycles. The highest BCUT2D eigenvalue weighted by Crippen LogP contribution is 2.23. The molecule has 0 heterocycles. The lowest BCUT2D eigenvalue weighted by Crippen LogP contribution is -2.50. The average molecular weight is 431 g/mol. The van der Waals surface area contributed by atoms with E-state index in [1.54, 1.807) is 48.5 Å². The van der Waals surface area contributed by atoms with Gasteiger partial charge in [0.1, 0.15) is 5.54 Å². The van der Waals surface area contributed by atoms with Crippen LogP contribution in [-0.2, 0) is 4.79 Å². The Hall–Kier alpha value is -4.13. The second kappa shape index (κ2) is 9.34. The predicted octanol–water partition coefficient (Wildman–Crippen LogP) is 4.93. The molecular weight excluding hydrogens is 406 g/mol. The molecule has 0 spiro atoms. The van der Waals surface area contributed by atoms with Crippen LogP contribution in [-0.4, -0.2) is 40.5 Å². The van der Waals surface area contributed by atoms with Gasteiger partial charge in [-0.2, -0.15) is 0 Å². The standard InChI is InChI=1S/C25H25N3O4/c1-25(2,23(30)31)28(3)22(29)19-11-9-17(10-12-19)18-13-15-21(16-14-18)27-24(32)26-20-7-5-4-6-8-20/h4-16H,1-3H3,(H,30,31)(H2,26,27,32). The van der Waals surface area contributed by atoms with Crippen molar-refractivity contribution < 1.29 is 19.5 Å². The Morgan fingerprint density at radius 3 is 1.72 bits per heavy atom. The largest absolute Gasteiger partial charge is 0.480 e. The van der Waals surface area contributed by atoms with E-state index in [1.165, 1.54) is 25.8 Å². The predicted molar refractivity (Wildman–Crippen MR) is 125 cm³/mol. The molecule has 0 bridgehead atoms. The molecule has 0 saturated heterocycles. The number of carbonyl (C=O) groups is 3. The van der Waals surface area contributed by atoms with Gasteiger partial charge in [0.05, 0.1) is 0 Å². The fourth-order valence-electron chi connectivity index (χ4n) is 2.96. The van der Waals surface area contributed by atoms with Crippen molar-refractivity contribution in [3.8, 4) is 11.1 Å². The number of rotatable bonds is 6. The fraction of sp³-hybridized carbons (Fsp3) is 0.160. The minimum absolute atomic E-state index is 0.333. The molecule has 3 rings (SSSR count). The zero-order valence-electron chi connectivity index (χ0n) is 18.1. The van der Waals surface area contributed by atoms with Crippen molar-refractivity contribution in [2.45, 2.75) is 19.4 Å². The third kappa shape index (κ3) is 5.13. The number of carbonyl (C=O) groups excluding carboxylic acids is 2. The molecule has 0 unspecified atom stereocenters. The monoisotopic (exact) mass is 431 g/mol. The SMILES string of the molecule is CN(C(=O)c1ccc(-c2ccc(NC(=O)Nc3ccccc3)cc2)cc1)C(C)(C)C(=O)O. The third-order valence-corrected chi connectivity index (χ3v) is 5.31. The molecule has 0 atom stereocenters. The highest BCUT2D eigenvalue weighted by molar-refractivity contribution is 6.00. The molecule has 0 saturated carbocycles. The van der Waals surface area contributed by atoms with Crippen LogP contribution in [0, 0.1) is 0 Å². The second-order valence-electron chi connectivity index (χ2n) is 7.83. The Labute approximate surface area is 186 Å². The summed E-state index contributed by atoms with van der Waals surface area (Å²) < 4.78 is 0. The Morgan fingerprint density at radius 1 is 0.750 bits per heavy atom. The first-order valence-corrected chi connectivity index (χ1v) is 10.0. The number of benzene rings is 3. The van der Waals surface area contributed by atoms with Gasteiger partial charge in [0.2, 0.25) is 0 Å². The molecule has 0 radical (unpaired) electrons. The Morgan fingerprint density at radius 2 is 1.22 bits per heavy atom. The average Bonchev–Trinajstić information content (AvgIpc) is 2.79. The van der Waals surface area contributed by atoms with E-state index in [2.05, 4.69) is 10.6 Å². The number of carboxylic acids is 1. The lowest BCUT2D eigenvalue weighted by molar-refractivity contribution is -0.147. The summed E-state index contributed by atoms with van der Waals surface area (Å²) in [4.78, 5) is 37.4. The van der Waals surface area contributed by atoms with Crippen molar-refractivity contribution in [3.05, 3.63) is 84.4 Å². The van der Waals surface area contributed by atoms with Crippen molar-refractivity contribution >= 4 is 29.3 Å². The first-order valence-electron chi connectivity index (χ1n) is 10.0. The summed E-state index contributed by atoms with van der Waals surface area (Å²) in [6.45, 7) is 2.97. The third-order valence-electron chi connectivity index (χ3n) is 5.31. The molecule has 7 heteroatoms. The van der Waals surface area contributed by atoms with Gasteiger partial charge in [-0.25, -0.2) is 9.59 Å². The molecule has 7 nitrogen and oxygen atoms in total. The zero-order chi connectivity index (χ0) is 23.3. The summed E-state index contributed by atoms with van der Waals surface area (Å²) in [5.41, 5.74) is 2.24. The maximum Gasteiger partial charge on any atom is 0.329 e. The van der Waals surface area contributed by atoms with Crippen LogP contribution in [0.25, 0.3) is 11.1 Å². The molecule has 164 valence electrons. The number of urea groups is 1. The van der Waals surface area contributed by atoms with Crippen LogP contribution >= 0.6 is 0 Å². The number of nitrogens with zero attached hydrogens (tertiary/aromatic N) is 1.